The fourth-order valence-corrected chi connectivity index (χ4v) is 1.57. The Balaban J connectivity index is 2.50. The minimum absolute atomic E-state index is 0.227. The van der Waals surface area contributed by atoms with Crippen molar-refractivity contribution >= 4 is 17.8 Å². The van der Waals surface area contributed by atoms with E-state index in [-0.39, 0.29) is 18.2 Å². The SMILES string of the molecule is NC(=O)C[C@@H](NC(=O)C1CCNC1)C(=O)O. The number of hydrogen-bond donors (Lipinski definition) is 4. The van der Waals surface area contributed by atoms with Crippen LogP contribution in [0.3, 0.4) is 0 Å². The van der Waals surface area contributed by atoms with E-state index in [1.54, 1.807) is 0 Å². The molecule has 2 amide bonds. The van der Waals surface area contributed by atoms with E-state index < -0.39 is 17.9 Å². The van der Waals surface area contributed by atoms with Gasteiger partial charge >= 0.3 is 5.97 Å². The molecule has 5 N–H and O–H groups in total. The standard InChI is InChI=1S/C9H15N3O4/c10-7(13)3-6(9(15)16)12-8(14)5-1-2-11-4-5/h5-6,11H,1-4H2,(H2,10,13)(H,12,14)(H,15,16)/t5?,6-/m1/s1. The van der Waals surface area contributed by atoms with Crippen LogP contribution in [0, 0.1) is 5.92 Å². The minimum Gasteiger partial charge on any atom is -0.480 e. The Morgan fingerprint density at radius 1 is 1.50 bits per heavy atom. The van der Waals surface area contributed by atoms with Gasteiger partial charge in [0.15, 0.2) is 0 Å². The van der Waals surface area contributed by atoms with Crippen molar-refractivity contribution in [1.82, 2.24) is 10.6 Å². The maximum absolute atomic E-state index is 11.6. The molecule has 1 rings (SSSR count). The number of carbonyl (C=O) groups excluding carboxylic acids is 2. The number of rotatable bonds is 5. The largest absolute Gasteiger partial charge is 0.480 e. The van der Waals surface area contributed by atoms with Gasteiger partial charge in [-0.2, -0.15) is 0 Å². The predicted molar refractivity (Wildman–Crippen MR) is 54.4 cm³/mol. The molecule has 1 fully saturated rings. The van der Waals surface area contributed by atoms with Crippen LogP contribution in [-0.2, 0) is 14.4 Å². The highest BCUT2D eigenvalue weighted by Crippen LogP contribution is 2.08. The second-order valence-electron chi connectivity index (χ2n) is 3.76. The zero-order valence-electron chi connectivity index (χ0n) is 8.73. The lowest BCUT2D eigenvalue weighted by Crippen LogP contribution is -2.46. The van der Waals surface area contributed by atoms with Gasteiger partial charge in [-0.1, -0.05) is 0 Å². The molecule has 0 aromatic carbocycles. The highest BCUT2D eigenvalue weighted by Gasteiger charge is 2.28. The van der Waals surface area contributed by atoms with Gasteiger partial charge in [0.05, 0.1) is 12.3 Å². The summed E-state index contributed by atoms with van der Waals surface area (Å²) < 4.78 is 0. The van der Waals surface area contributed by atoms with Gasteiger partial charge in [0.1, 0.15) is 6.04 Å². The molecular weight excluding hydrogens is 214 g/mol. The monoisotopic (exact) mass is 229 g/mol. The van der Waals surface area contributed by atoms with Crippen LogP contribution in [-0.4, -0.2) is 42.0 Å². The molecule has 7 nitrogen and oxygen atoms in total. The van der Waals surface area contributed by atoms with Crippen LogP contribution in [0.5, 0.6) is 0 Å². The number of carboxylic acids is 1. The van der Waals surface area contributed by atoms with Gasteiger partial charge in [0.2, 0.25) is 11.8 Å². The average molecular weight is 229 g/mol. The Morgan fingerprint density at radius 3 is 2.62 bits per heavy atom. The molecule has 1 saturated heterocycles. The number of amides is 2. The number of hydrogen-bond acceptors (Lipinski definition) is 4. The van der Waals surface area contributed by atoms with Gasteiger partial charge < -0.3 is 21.5 Å². The fourth-order valence-electron chi connectivity index (χ4n) is 1.57. The highest BCUT2D eigenvalue weighted by atomic mass is 16.4. The summed E-state index contributed by atoms with van der Waals surface area (Å²) in [6, 6.07) is -1.23. The number of carboxylic acid groups (broad SMARTS) is 1. The molecule has 1 heterocycles. The lowest BCUT2D eigenvalue weighted by molar-refractivity contribution is -0.143. The van der Waals surface area contributed by atoms with Crippen LogP contribution < -0.4 is 16.4 Å². The first-order chi connectivity index (χ1) is 7.50. The Morgan fingerprint density at radius 2 is 2.19 bits per heavy atom. The van der Waals surface area contributed by atoms with Crippen LogP contribution >= 0.6 is 0 Å². The molecule has 0 aromatic heterocycles. The number of primary amides is 1. The maximum atomic E-state index is 11.6. The van der Waals surface area contributed by atoms with Crippen LogP contribution in [0.2, 0.25) is 0 Å². The Hall–Kier alpha value is -1.63. The molecule has 16 heavy (non-hydrogen) atoms. The Labute approximate surface area is 92.4 Å². The second-order valence-corrected chi connectivity index (χ2v) is 3.76. The molecular formula is C9H15N3O4. The molecule has 0 bridgehead atoms. The lowest BCUT2D eigenvalue weighted by Gasteiger charge is -2.15. The summed E-state index contributed by atoms with van der Waals surface area (Å²) in [5.41, 5.74) is 4.89. The number of nitrogens with one attached hydrogen (secondary N) is 2. The molecule has 0 aromatic rings. The lowest BCUT2D eigenvalue weighted by atomic mass is 10.1. The van der Waals surface area contributed by atoms with Gasteiger partial charge in [-0.15, -0.1) is 0 Å². The molecule has 0 saturated carbocycles. The molecule has 1 aliphatic heterocycles. The van der Waals surface area contributed by atoms with Gasteiger partial charge in [-0.05, 0) is 13.0 Å². The van der Waals surface area contributed by atoms with Gasteiger partial charge in [-0.25, -0.2) is 4.79 Å². The van der Waals surface area contributed by atoms with Crippen LogP contribution in [0.1, 0.15) is 12.8 Å². The van der Waals surface area contributed by atoms with E-state index in [9.17, 15) is 14.4 Å². The summed E-state index contributed by atoms with van der Waals surface area (Å²) in [7, 11) is 0. The van der Waals surface area contributed by atoms with Gasteiger partial charge in [0, 0.05) is 6.54 Å². The molecule has 0 aliphatic carbocycles. The summed E-state index contributed by atoms with van der Waals surface area (Å²) in [5, 5.41) is 14.1. The predicted octanol–water partition coefficient (Wildman–Crippen LogP) is -1.96. The van der Waals surface area contributed by atoms with E-state index in [1.165, 1.54) is 0 Å². The van der Waals surface area contributed by atoms with Crippen molar-refractivity contribution in [3.8, 4) is 0 Å². The summed E-state index contributed by atoms with van der Waals surface area (Å²) in [4.78, 5) is 32.9. The molecule has 2 atom stereocenters. The van der Waals surface area contributed by atoms with Crippen LogP contribution in [0.4, 0.5) is 0 Å². The summed E-state index contributed by atoms with van der Waals surface area (Å²) in [5.74, 6) is -2.58. The number of carbonyl (C=O) groups is 3. The number of aliphatic carboxylic acids is 1. The fraction of sp³-hybridized carbons (Fsp3) is 0.667. The summed E-state index contributed by atoms with van der Waals surface area (Å²) >= 11 is 0. The third-order valence-corrected chi connectivity index (χ3v) is 2.45. The quantitative estimate of drug-likeness (QED) is 0.436. The topological polar surface area (TPSA) is 122 Å². The van der Waals surface area contributed by atoms with Crippen molar-refractivity contribution in [3.63, 3.8) is 0 Å². The first kappa shape index (κ1) is 12.4. The van der Waals surface area contributed by atoms with E-state index in [0.717, 1.165) is 6.54 Å². The van der Waals surface area contributed by atoms with Gasteiger partial charge in [-0.3, -0.25) is 9.59 Å². The summed E-state index contributed by atoms with van der Waals surface area (Å²) in [6.07, 6.45) is 0.288. The minimum atomic E-state index is -1.25. The third kappa shape index (κ3) is 3.50. The number of nitrogens with two attached hydrogens (primary N) is 1. The zero-order chi connectivity index (χ0) is 12.1. The average Bonchev–Trinajstić information content (AvgIpc) is 2.68. The van der Waals surface area contributed by atoms with Gasteiger partial charge in [0.25, 0.3) is 0 Å². The second kappa shape index (κ2) is 5.45. The maximum Gasteiger partial charge on any atom is 0.326 e. The Bertz CT molecular complexity index is 299. The molecule has 0 spiro atoms. The summed E-state index contributed by atoms with van der Waals surface area (Å²) in [6.45, 7) is 1.28. The van der Waals surface area contributed by atoms with Crippen molar-refractivity contribution in [2.75, 3.05) is 13.1 Å². The molecule has 1 aliphatic rings. The Kier molecular flexibility index (Phi) is 4.24. The molecule has 0 radical (unpaired) electrons. The van der Waals surface area contributed by atoms with E-state index in [0.29, 0.717) is 13.0 Å². The molecule has 7 heteroatoms. The van der Waals surface area contributed by atoms with Crippen molar-refractivity contribution in [2.24, 2.45) is 11.7 Å². The van der Waals surface area contributed by atoms with Crippen molar-refractivity contribution in [3.05, 3.63) is 0 Å². The highest BCUT2D eigenvalue weighted by molar-refractivity contribution is 5.89. The van der Waals surface area contributed by atoms with E-state index >= 15 is 0 Å². The first-order valence-electron chi connectivity index (χ1n) is 5.03. The van der Waals surface area contributed by atoms with Crippen molar-refractivity contribution in [1.29, 1.82) is 0 Å². The van der Waals surface area contributed by atoms with Crippen molar-refractivity contribution in [2.45, 2.75) is 18.9 Å². The van der Waals surface area contributed by atoms with E-state index in [1.807, 2.05) is 0 Å². The third-order valence-electron chi connectivity index (χ3n) is 2.45. The zero-order valence-corrected chi connectivity index (χ0v) is 8.73. The van der Waals surface area contributed by atoms with Crippen molar-refractivity contribution < 1.29 is 19.5 Å². The first-order valence-corrected chi connectivity index (χ1v) is 5.03. The van der Waals surface area contributed by atoms with E-state index in [2.05, 4.69) is 10.6 Å². The smallest absolute Gasteiger partial charge is 0.326 e. The normalized spacial score (nSPS) is 21.4. The molecule has 1 unspecified atom stereocenters. The molecule has 90 valence electrons. The van der Waals surface area contributed by atoms with Crippen LogP contribution in [0.25, 0.3) is 0 Å². The van der Waals surface area contributed by atoms with Crippen LogP contribution in [0.15, 0.2) is 0 Å². The van der Waals surface area contributed by atoms with E-state index in [4.69, 9.17) is 10.8 Å².